The summed E-state index contributed by atoms with van der Waals surface area (Å²) < 4.78 is 30.5. The number of hydrogen-bond donors (Lipinski definition) is 0. The van der Waals surface area contributed by atoms with Crippen LogP contribution < -0.4 is 0 Å². The first-order chi connectivity index (χ1) is 16.1. The lowest BCUT2D eigenvalue weighted by atomic mass is 10.1. The van der Waals surface area contributed by atoms with Gasteiger partial charge in [0.2, 0.25) is 15.9 Å². The largest absolute Gasteiger partial charge is 0.353 e. The molecule has 3 rings (SSSR count). The molecule has 0 radical (unpaired) electrons. The highest BCUT2D eigenvalue weighted by molar-refractivity contribution is 7.89. The van der Waals surface area contributed by atoms with Crippen molar-refractivity contribution in [3.8, 4) is 0 Å². The number of aromatic nitrogens is 1. The lowest BCUT2D eigenvalue weighted by Gasteiger charge is -2.28. The average molecular weight is 480 g/mol. The van der Waals surface area contributed by atoms with Gasteiger partial charge in [0.25, 0.3) is 0 Å². The Morgan fingerprint density at radius 1 is 1.00 bits per heavy atom. The van der Waals surface area contributed by atoms with Crippen LogP contribution in [0.25, 0.3) is 0 Å². The second-order valence-corrected chi connectivity index (χ2v) is 10.5. The van der Waals surface area contributed by atoms with Crippen LogP contribution in [0.2, 0.25) is 0 Å². The molecular weight excluding hydrogens is 446 g/mol. The first-order valence-electron chi connectivity index (χ1n) is 11.2. The van der Waals surface area contributed by atoms with E-state index in [9.17, 15) is 13.2 Å². The average Bonchev–Trinajstić information content (AvgIpc) is 3.17. The van der Waals surface area contributed by atoms with E-state index < -0.39 is 10.0 Å². The van der Waals surface area contributed by atoms with Gasteiger partial charge in [-0.3, -0.25) is 4.79 Å². The molecule has 3 aromatic rings. The molecule has 1 heterocycles. The van der Waals surface area contributed by atoms with E-state index in [1.54, 1.807) is 18.7 Å². The molecule has 7 heteroatoms. The second-order valence-electron chi connectivity index (χ2n) is 8.66. The number of nitrogens with zero attached hydrogens (tertiary/aromatic N) is 3. The van der Waals surface area contributed by atoms with E-state index in [2.05, 4.69) is 6.58 Å². The molecule has 0 aliphatic carbocycles. The third-order valence-corrected chi connectivity index (χ3v) is 7.94. The van der Waals surface area contributed by atoms with E-state index in [1.165, 1.54) is 10.4 Å². The molecule has 0 atom stereocenters. The summed E-state index contributed by atoms with van der Waals surface area (Å²) in [4.78, 5) is 15.5. The summed E-state index contributed by atoms with van der Waals surface area (Å²) in [6.45, 7) is 9.78. The van der Waals surface area contributed by atoms with Gasteiger partial charge in [0.1, 0.15) is 0 Å². The van der Waals surface area contributed by atoms with Crippen molar-refractivity contribution < 1.29 is 13.2 Å². The van der Waals surface area contributed by atoms with Crippen LogP contribution in [0.1, 0.15) is 27.9 Å². The maximum absolute atomic E-state index is 13.7. The Morgan fingerprint density at radius 3 is 2.21 bits per heavy atom. The maximum atomic E-state index is 13.7. The summed E-state index contributed by atoms with van der Waals surface area (Å²) >= 11 is 0. The lowest BCUT2D eigenvalue weighted by Crippen LogP contribution is -2.43. The predicted octanol–water partition coefficient (Wildman–Crippen LogP) is 4.36. The van der Waals surface area contributed by atoms with E-state index in [4.69, 9.17) is 0 Å². The van der Waals surface area contributed by atoms with Crippen molar-refractivity contribution in [2.75, 3.05) is 13.1 Å². The molecule has 1 aromatic heterocycles. The first kappa shape index (κ1) is 25.5. The van der Waals surface area contributed by atoms with Crippen molar-refractivity contribution in [2.45, 2.75) is 38.8 Å². The summed E-state index contributed by atoms with van der Waals surface area (Å²) in [5.41, 5.74) is 4.28. The van der Waals surface area contributed by atoms with Gasteiger partial charge in [-0.25, -0.2) is 8.42 Å². The van der Waals surface area contributed by atoms with Gasteiger partial charge >= 0.3 is 0 Å². The number of carbonyl (C=O) groups is 1. The molecule has 0 saturated heterocycles. The SMILES string of the molecule is C=CCN(CC(=O)N(Cc1ccccc1)Cc1cccn1C)S(=O)(=O)c1c(C)cc(C)cc1C. The number of aryl methyl sites for hydroxylation is 4. The molecule has 0 saturated carbocycles. The summed E-state index contributed by atoms with van der Waals surface area (Å²) in [6.07, 6.45) is 3.44. The van der Waals surface area contributed by atoms with Crippen LogP contribution in [0.5, 0.6) is 0 Å². The van der Waals surface area contributed by atoms with Gasteiger partial charge in [-0.15, -0.1) is 6.58 Å². The zero-order chi connectivity index (χ0) is 24.9. The zero-order valence-electron chi connectivity index (χ0n) is 20.4. The fraction of sp³-hybridized carbons (Fsp3) is 0.296. The highest BCUT2D eigenvalue weighted by Crippen LogP contribution is 2.25. The standard InChI is InChI=1S/C27H33N3O3S/c1-6-14-30(34(32,33)27-22(3)16-21(2)17-23(27)4)20-26(31)29(18-24-11-8-7-9-12-24)19-25-13-10-15-28(25)5/h6-13,15-17H,1,14,18-20H2,2-5H3. The van der Waals surface area contributed by atoms with Gasteiger partial charge in [-0.1, -0.05) is 54.1 Å². The molecule has 0 fully saturated rings. The molecule has 0 aliphatic rings. The Bertz CT molecular complexity index is 1240. The molecule has 34 heavy (non-hydrogen) atoms. The lowest BCUT2D eigenvalue weighted by molar-refractivity contribution is -0.132. The highest BCUT2D eigenvalue weighted by Gasteiger charge is 2.30. The van der Waals surface area contributed by atoms with Crippen LogP contribution in [0.3, 0.4) is 0 Å². The van der Waals surface area contributed by atoms with Crippen LogP contribution in [0.15, 0.2) is 78.3 Å². The summed E-state index contributed by atoms with van der Waals surface area (Å²) in [5.74, 6) is -0.266. The second kappa shape index (κ2) is 10.8. The number of carbonyl (C=O) groups excluding carboxylic acids is 1. The van der Waals surface area contributed by atoms with E-state index in [0.29, 0.717) is 24.2 Å². The maximum Gasteiger partial charge on any atom is 0.244 e. The monoisotopic (exact) mass is 479 g/mol. The normalized spacial score (nSPS) is 11.6. The molecule has 6 nitrogen and oxygen atoms in total. The molecule has 0 aliphatic heterocycles. The van der Waals surface area contributed by atoms with E-state index >= 15 is 0 Å². The molecule has 2 aromatic carbocycles. The molecule has 0 spiro atoms. The molecule has 1 amide bonds. The van der Waals surface area contributed by atoms with E-state index in [1.807, 2.05) is 79.3 Å². The number of sulfonamides is 1. The molecule has 180 valence electrons. The Labute approximate surface area is 203 Å². The van der Waals surface area contributed by atoms with Crippen LogP contribution >= 0.6 is 0 Å². The molecule has 0 N–H and O–H groups in total. The Morgan fingerprint density at radius 2 is 1.65 bits per heavy atom. The fourth-order valence-electron chi connectivity index (χ4n) is 4.24. The minimum atomic E-state index is -3.90. The van der Waals surface area contributed by atoms with Gasteiger partial charge < -0.3 is 9.47 Å². The molecule has 0 unspecified atom stereocenters. The third-order valence-electron chi connectivity index (χ3n) is 5.82. The molecule has 0 bridgehead atoms. The van der Waals surface area contributed by atoms with Gasteiger partial charge in [-0.05, 0) is 49.6 Å². The van der Waals surface area contributed by atoms with Crippen LogP contribution in [-0.4, -0.2) is 41.2 Å². The Kier molecular flexibility index (Phi) is 8.12. The van der Waals surface area contributed by atoms with E-state index in [-0.39, 0.29) is 23.9 Å². The zero-order valence-corrected chi connectivity index (χ0v) is 21.2. The number of benzene rings is 2. The predicted molar refractivity (Wildman–Crippen MR) is 136 cm³/mol. The minimum Gasteiger partial charge on any atom is -0.353 e. The number of rotatable bonds is 10. The van der Waals surface area contributed by atoms with Gasteiger partial charge in [0.05, 0.1) is 18.0 Å². The summed E-state index contributed by atoms with van der Waals surface area (Å²) in [5, 5.41) is 0. The fourth-order valence-corrected chi connectivity index (χ4v) is 6.01. The summed E-state index contributed by atoms with van der Waals surface area (Å²) in [6, 6.07) is 17.3. The molecular formula is C27H33N3O3S. The topological polar surface area (TPSA) is 62.6 Å². The van der Waals surface area contributed by atoms with Crippen molar-refractivity contribution in [2.24, 2.45) is 7.05 Å². The van der Waals surface area contributed by atoms with Gasteiger partial charge in [0, 0.05) is 32.0 Å². The van der Waals surface area contributed by atoms with Crippen molar-refractivity contribution in [1.82, 2.24) is 13.8 Å². The van der Waals surface area contributed by atoms with Crippen molar-refractivity contribution in [3.05, 3.63) is 101 Å². The van der Waals surface area contributed by atoms with Crippen LogP contribution in [-0.2, 0) is 35.0 Å². The highest BCUT2D eigenvalue weighted by atomic mass is 32.2. The van der Waals surface area contributed by atoms with Gasteiger partial charge in [0.15, 0.2) is 0 Å². The number of hydrogen-bond acceptors (Lipinski definition) is 3. The van der Waals surface area contributed by atoms with Crippen molar-refractivity contribution >= 4 is 15.9 Å². The Hall–Kier alpha value is -3.16. The third kappa shape index (κ3) is 5.85. The van der Waals surface area contributed by atoms with E-state index in [0.717, 1.165) is 16.8 Å². The quantitative estimate of drug-likeness (QED) is 0.406. The van der Waals surface area contributed by atoms with Crippen LogP contribution in [0, 0.1) is 20.8 Å². The summed E-state index contributed by atoms with van der Waals surface area (Å²) in [7, 11) is -1.98. The van der Waals surface area contributed by atoms with Crippen LogP contribution in [0.4, 0.5) is 0 Å². The van der Waals surface area contributed by atoms with Crippen molar-refractivity contribution in [3.63, 3.8) is 0 Å². The van der Waals surface area contributed by atoms with Gasteiger partial charge in [-0.2, -0.15) is 4.31 Å². The smallest absolute Gasteiger partial charge is 0.244 e. The van der Waals surface area contributed by atoms with Crippen molar-refractivity contribution in [1.29, 1.82) is 0 Å². The first-order valence-corrected chi connectivity index (χ1v) is 12.7. The minimum absolute atomic E-state index is 0.0458. The Balaban J connectivity index is 1.93. The number of amides is 1.